The van der Waals surface area contributed by atoms with Crippen LogP contribution in [-0.2, 0) is 4.79 Å². The van der Waals surface area contributed by atoms with Gasteiger partial charge in [0.2, 0.25) is 0 Å². The van der Waals surface area contributed by atoms with Crippen molar-refractivity contribution in [2.45, 2.75) is 25.8 Å². The van der Waals surface area contributed by atoms with E-state index < -0.39 is 5.97 Å². The highest BCUT2D eigenvalue weighted by atomic mass is 16.4. The Labute approximate surface area is 105 Å². The van der Waals surface area contributed by atoms with Gasteiger partial charge in [-0.25, -0.2) is 4.98 Å². The van der Waals surface area contributed by atoms with E-state index in [1.807, 2.05) is 13.0 Å². The van der Waals surface area contributed by atoms with Gasteiger partial charge in [-0.1, -0.05) is 6.07 Å². The van der Waals surface area contributed by atoms with Crippen molar-refractivity contribution in [1.29, 1.82) is 0 Å². The lowest BCUT2D eigenvalue weighted by Crippen LogP contribution is -2.47. The summed E-state index contributed by atoms with van der Waals surface area (Å²) in [4.78, 5) is 28.6. The number of carboxylic acids is 1. The Kier molecular flexibility index (Phi) is 3.32. The van der Waals surface area contributed by atoms with Crippen molar-refractivity contribution in [3.8, 4) is 0 Å². The zero-order valence-electron chi connectivity index (χ0n) is 10.5. The Morgan fingerprint density at radius 3 is 2.61 bits per heavy atom. The Morgan fingerprint density at radius 2 is 2.06 bits per heavy atom. The van der Waals surface area contributed by atoms with Crippen LogP contribution in [0.25, 0.3) is 0 Å². The molecule has 1 aromatic heterocycles. The molecular formula is C13H16N2O3. The molecule has 0 unspecified atom stereocenters. The zero-order valence-corrected chi connectivity index (χ0v) is 10.5. The molecule has 0 saturated heterocycles. The van der Waals surface area contributed by atoms with E-state index in [1.54, 1.807) is 24.1 Å². The molecule has 1 fully saturated rings. The molecule has 1 heterocycles. The number of carboxylic acid groups (broad SMARTS) is 1. The number of carbonyl (C=O) groups is 2. The molecule has 0 atom stereocenters. The van der Waals surface area contributed by atoms with E-state index in [4.69, 9.17) is 5.11 Å². The minimum absolute atomic E-state index is 0.0147. The van der Waals surface area contributed by atoms with Gasteiger partial charge in [-0.05, 0) is 31.9 Å². The first-order valence-corrected chi connectivity index (χ1v) is 5.92. The summed E-state index contributed by atoms with van der Waals surface area (Å²) >= 11 is 0. The molecule has 1 amide bonds. The van der Waals surface area contributed by atoms with E-state index in [0.29, 0.717) is 18.5 Å². The van der Waals surface area contributed by atoms with Crippen LogP contribution in [0.4, 0.5) is 0 Å². The molecule has 1 saturated carbocycles. The summed E-state index contributed by atoms with van der Waals surface area (Å²) in [6, 6.07) is 5.32. The first-order valence-electron chi connectivity index (χ1n) is 5.92. The number of nitrogens with zero attached hydrogens (tertiary/aromatic N) is 2. The summed E-state index contributed by atoms with van der Waals surface area (Å²) < 4.78 is 0. The van der Waals surface area contributed by atoms with E-state index in [1.165, 1.54) is 0 Å². The molecule has 5 heteroatoms. The van der Waals surface area contributed by atoms with Crippen molar-refractivity contribution in [3.63, 3.8) is 0 Å². The van der Waals surface area contributed by atoms with Gasteiger partial charge < -0.3 is 10.0 Å². The fraction of sp³-hybridized carbons (Fsp3) is 0.462. The fourth-order valence-electron chi connectivity index (χ4n) is 2.11. The molecule has 0 bridgehead atoms. The number of hydrogen-bond donors (Lipinski definition) is 1. The summed E-state index contributed by atoms with van der Waals surface area (Å²) in [6.45, 7) is 1.83. The molecule has 18 heavy (non-hydrogen) atoms. The molecule has 5 nitrogen and oxygen atoms in total. The van der Waals surface area contributed by atoms with E-state index >= 15 is 0 Å². The van der Waals surface area contributed by atoms with Crippen molar-refractivity contribution < 1.29 is 14.7 Å². The minimum Gasteiger partial charge on any atom is -0.481 e. The fourth-order valence-corrected chi connectivity index (χ4v) is 2.11. The zero-order chi connectivity index (χ0) is 13.3. The van der Waals surface area contributed by atoms with Crippen LogP contribution >= 0.6 is 0 Å². The lowest BCUT2D eigenvalue weighted by atomic mass is 9.79. The molecule has 1 aliphatic carbocycles. The maximum atomic E-state index is 12.1. The highest BCUT2D eigenvalue weighted by molar-refractivity contribution is 5.92. The summed E-state index contributed by atoms with van der Waals surface area (Å²) in [6.07, 6.45) is 1.06. The Balaban J connectivity index is 2.00. The van der Waals surface area contributed by atoms with Crippen LogP contribution in [0.2, 0.25) is 0 Å². The minimum atomic E-state index is -0.777. The second-order valence-corrected chi connectivity index (χ2v) is 4.74. The number of pyridine rings is 1. The number of aromatic nitrogens is 1. The number of aliphatic carboxylic acids is 1. The predicted octanol–water partition coefficient (Wildman–Crippen LogP) is 1.33. The molecule has 0 spiro atoms. The third-order valence-electron chi connectivity index (χ3n) is 3.44. The number of carbonyl (C=O) groups excluding carboxylic acids is 1. The Morgan fingerprint density at radius 1 is 1.39 bits per heavy atom. The summed E-state index contributed by atoms with van der Waals surface area (Å²) in [5, 5.41) is 8.81. The molecule has 0 aromatic carbocycles. The quantitative estimate of drug-likeness (QED) is 0.876. The van der Waals surface area contributed by atoms with Crippen LogP contribution in [0.5, 0.6) is 0 Å². The monoisotopic (exact) mass is 248 g/mol. The van der Waals surface area contributed by atoms with Crippen molar-refractivity contribution in [2.24, 2.45) is 5.92 Å². The maximum absolute atomic E-state index is 12.1. The van der Waals surface area contributed by atoms with Crippen LogP contribution in [-0.4, -0.2) is 40.0 Å². The highest BCUT2D eigenvalue weighted by Gasteiger charge is 2.38. The third kappa shape index (κ3) is 2.34. The van der Waals surface area contributed by atoms with Gasteiger partial charge in [0.05, 0.1) is 5.92 Å². The Hall–Kier alpha value is -1.91. The second-order valence-electron chi connectivity index (χ2n) is 4.74. The molecule has 2 rings (SSSR count). The maximum Gasteiger partial charge on any atom is 0.306 e. The van der Waals surface area contributed by atoms with Crippen molar-refractivity contribution in [2.75, 3.05) is 7.05 Å². The van der Waals surface area contributed by atoms with E-state index in [9.17, 15) is 9.59 Å². The molecule has 0 aliphatic heterocycles. The van der Waals surface area contributed by atoms with Gasteiger partial charge in [-0.15, -0.1) is 0 Å². The average molecular weight is 248 g/mol. The van der Waals surface area contributed by atoms with Gasteiger partial charge in [0, 0.05) is 18.8 Å². The first kappa shape index (κ1) is 12.5. The second kappa shape index (κ2) is 4.76. The average Bonchev–Trinajstić information content (AvgIpc) is 2.25. The number of aryl methyl sites for hydroxylation is 1. The van der Waals surface area contributed by atoms with Gasteiger partial charge in [0.1, 0.15) is 5.69 Å². The predicted molar refractivity (Wildman–Crippen MR) is 65.2 cm³/mol. The van der Waals surface area contributed by atoms with Gasteiger partial charge in [-0.3, -0.25) is 9.59 Å². The van der Waals surface area contributed by atoms with E-state index in [-0.39, 0.29) is 17.9 Å². The normalized spacial score (nSPS) is 22.1. The molecule has 1 aromatic rings. The van der Waals surface area contributed by atoms with Gasteiger partial charge in [0.25, 0.3) is 5.91 Å². The Bertz CT molecular complexity index is 481. The number of rotatable bonds is 3. The van der Waals surface area contributed by atoms with Crippen LogP contribution in [0.3, 0.4) is 0 Å². The molecule has 1 N–H and O–H groups in total. The summed E-state index contributed by atoms with van der Waals surface area (Å²) in [5.74, 6) is -1.23. The summed E-state index contributed by atoms with van der Waals surface area (Å²) in [7, 11) is 1.70. The molecular weight excluding hydrogens is 232 g/mol. The lowest BCUT2D eigenvalue weighted by Gasteiger charge is -2.38. The van der Waals surface area contributed by atoms with Crippen molar-refractivity contribution in [3.05, 3.63) is 29.6 Å². The van der Waals surface area contributed by atoms with E-state index in [2.05, 4.69) is 4.98 Å². The molecule has 96 valence electrons. The van der Waals surface area contributed by atoms with Crippen LogP contribution < -0.4 is 0 Å². The largest absolute Gasteiger partial charge is 0.481 e. The van der Waals surface area contributed by atoms with Crippen molar-refractivity contribution in [1.82, 2.24) is 9.88 Å². The van der Waals surface area contributed by atoms with Crippen molar-refractivity contribution >= 4 is 11.9 Å². The van der Waals surface area contributed by atoms with E-state index in [0.717, 1.165) is 5.69 Å². The SMILES string of the molecule is Cc1cccc(C(=O)N(C)C2CC(C(=O)O)C2)n1. The van der Waals surface area contributed by atoms with Crippen LogP contribution in [0.15, 0.2) is 18.2 Å². The lowest BCUT2D eigenvalue weighted by molar-refractivity contribution is -0.146. The third-order valence-corrected chi connectivity index (χ3v) is 3.44. The van der Waals surface area contributed by atoms with Gasteiger partial charge >= 0.3 is 5.97 Å². The smallest absolute Gasteiger partial charge is 0.306 e. The van der Waals surface area contributed by atoms with Crippen LogP contribution in [0, 0.1) is 12.8 Å². The molecule has 0 radical (unpaired) electrons. The standard InChI is InChI=1S/C13H16N2O3/c1-8-4-3-5-11(14-8)12(16)15(2)10-6-9(7-10)13(17)18/h3-5,9-10H,6-7H2,1-2H3,(H,17,18). The molecule has 1 aliphatic rings. The highest BCUT2D eigenvalue weighted by Crippen LogP contribution is 2.31. The first-order chi connectivity index (χ1) is 8.49. The van der Waals surface area contributed by atoms with Gasteiger partial charge in [-0.2, -0.15) is 0 Å². The number of amides is 1. The number of hydrogen-bond acceptors (Lipinski definition) is 3. The topological polar surface area (TPSA) is 70.5 Å². The van der Waals surface area contributed by atoms with Crippen LogP contribution in [0.1, 0.15) is 29.0 Å². The van der Waals surface area contributed by atoms with Gasteiger partial charge in [0.15, 0.2) is 0 Å². The summed E-state index contributed by atoms with van der Waals surface area (Å²) in [5.41, 5.74) is 1.21.